The van der Waals surface area contributed by atoms with Crippen LogP contribution in [0.4, 0.5) is 13.2 Å². The number of nitrogens with zero attached hydrogens (tertiary/aromatic N) is 1. The normalized spacial score (nSPS) is 14.1. The molecular formula is C12H17F3N2. The summed E-state index contributed by atoms with van der Waals surface area (Å²) in [4.78, 5) is 1.91. The molecule has 1 aromatic carbocycles. The lowest BCUT2D eigenvalue weighted by Gasteiger charge is -2.17. The van der Waals surface area contributed by atoms with Crippen LogP contribution >= 0.6 is 0 Å². The van der Waals surface area contributed by atoms with E-state index < -0.39 is 11.7 Å². The molecule has 0 fully saturated rings. The molecule has 2 nitrogen and oxygen atoms in total. The van der Waals surface area contributed by atoms with E-state index in [9.17, 15) is 13.2 Å². The van der Waals surface area contributed by atoms with E-state index in [1.807, 2.05) is 19.0 Å². The van der Waals surface area contributed by atoms with Gasteiger partial charge in [-0.2, -0.15) is 13.2 Å². The van der Waals surface area contributed by atoms with E-state index in [1.165, 1.54) is 6.07 Å². The minimum Gasteiger partial charge on any atom is -0.326 e. The van der Waals surface area contributed by atoms with Gasteiger partial charge in [-0.05, 0) is 32.1 Å². The second-order valence-corrected chi connectivity index (χ2v) is 4.42. The summed E-state index contributed by atoms with van der Waals surface area (Å²) in [6.07, 6.45) is -3.84. The van der Waals surface area contributed by atoms with Crippen LogP contribution in [-0.2, 0) is 12.6 Å². The topological polar surface area (TPSA) is 29.3 Å². The Bertz CT molecular complexity index is 361. The van der Waals surface area contributed by atoms with Crippen molar-refractivity contribution in [3.8, 4) is 0 Å². The van der Waals surface area contributed by atoms with Crippen molar-refractivity contribution in [2.45, 2.75) is 18.6 Å². The maximum Gasteiger partial charge on any atom is 0.416 e. The third kappa shape index (κ3) is 4.75. The van der Waals surface area contributed by atoms with Gasteiger partial charge in [-0.1, -0.05) is 18.2 Å². The Hall–Kier alpha value is -1.07. The van der Waals surface area contributed by atoms with E-state index in [-0.39, 0.29) is 6.04 Å². The number of alkyl halides is 3. The number of rotatable bonds is 4. The van der Waals surface area contributed by atoms with Gasteiger partial charge in [0.15, 0.2) is 0 Å². The average molecular weight is 246 g/mol. The van der Waals surface area contributed by atoms with Crippen molar-refractivity contribution in [3.05, 3.63) is 35.4 Å². The second-order valence-electron chi connectivity index (χ2n) is 4.42. The number of nitrogens with two attached hydrogens (primary N) is 1. The molecule has 0 bridgehead atoms. The lowest BCUT2D eigenvalue weighted by Crippen LogP contribution is -2.34. The molecule has 0 radical (unpaired) electrons. The third-order valence-electron chi connectivity index (χ3n) is 2.35. The number of halogens is 3. The summed E-state index contributed by atoms with van der Waals surface area (Å²) in [7, 11) is 3.76. The Balaban J connectivity index is 2.72. The molecule has 0 aromatic heterocycles. The van der Waals surface area contributed by atoms with Crippen LogP contribution in [-0.4, -0.2) is 31.6 Å². The largest absolute Gasteiger partial charge is 0.416 e. The van der Waals surface area contributed by atoms with Gasteiger partial charge in [-0.3, -0.25) is 0 Å². The van der Waals surface area contributed by atoms with Crippen molar-refractivity contribution in [1.29, 1.82) is 0 Å². The predicted octanol–water partition coefficient (Wildman–Crippen LogP) is 2.14. The molecule has 0 saturated heterocycles. The van der Waals surface area contributed by atoms with Crippen molar-refractivity contribution in [2.24, 2.45) is 5.73 Å². The summed E-state index contributed by atoms with van der Waals surface area (Å²) in [5.74, 6) is 0. The highest BCUT2D eigenvalue weighted by molar-refractivity contribution is 5.26. The Morgan fingerprint density at radius 2 is 1.94 bits per heavy atom. The summed E-state index contributed by atoms with van der Waals surface area (Å²) in [6, 6.07) is 5.16. The molecule has 2 N–H and O–H groups in total. The van der Waals surface area contributed by atoms with Gasteiger partial charge in [0.05, 0.1) is 5.56 Å². The number of hydrogen-bond donors (Lipinski definition) is 1. The zero-order valence-electron chi connectivity index (χ0n) is 9.96. The van der Waals surface area contributed by atoms with Crippen molar-refractivity contribution < 1.29 is 13.2 Å². The van der Waals surface area contributed by atoms with Crippen molar-refractivity contribution in [3.63, 3.8) is 0 Å². The Morgan fingerprint density at radius 3 is 2.47 bits per heavy atom. The smallest absolute Gasteiger partial charge is 0.326 e. The standard InChI is InChI=1S/C12H17F3N2/c1-17(2)8-11(16)7-9-4-3-5-10(6-9)12(13,14)15/h3-6,11H,7-8,16H2,1-2H3. The van der Waals surface area contributed by atoms with E-state index >= 15 is 0 Å². The maximum absolute atomic E-state index is 12.5. The molecule has 1 atom stereocenters. The van der Waals surface area contributed by atoms with Gasteiger partial charge in [0.2, 0.25) is 0 Å². The summed E-state index contributed by atoms with van der Waals surface area (Å²) in [5, 5.41) is 0. The highest BCUT2D eigenvalue weighted by Crippen LogP contribution is 2.29. The van der Waals surface area contributed by atoms with E-state index in [0.717, 1.165) is 12.1 Å². The fraction of sp³-hybridized carbons (Fsp3) is 0.500. The SMILES string of the molecule is CN(C)CC(N)Cc1cccc(C(F)(F)F)c1. The number of likely N-dealkylation sites (N-methyl/N-ethyl adjacent to an activating group) is 1. The van der Waals surface area contributed by atoms with Crippen molar-refractivity contribution in [1.82, 2.24) is 4.90 Å². The van der Waals surface area contributed by atoms with Crippen LogP contribution in [0.25, 0.3) is 0 Å². The molecule has 0 heterocycles. The number of hydrogen-bond acceptors (Lipinski definition) is 2. The second kappa shape index (κ2) is 5.51. The molecule has 1 rings (SSSR count). The molecule has 0 aliphatic heterocycles. The van der Waals surface area contributed by atoms with Crippen LogP contribution in [0, 0.1) is 0 Å². The summed E-state index contributed by atoms with van der Waals surface area (Å²) in [6.45, 7) is 0.649. The first-order valence-electron chi connectivity index (χ1n) is 5.35. The first-order chi connectivity index (χ1) is 7.79. The van der Waals surface area contributed by atoms with Crippen LogP contribution in [0.3, 0.4) is 0 Å². The summed E-state index contributed by atoms with van der Waals surface area (Å²) >= 11 is 0. The van der Waals surface area contributed by atoms with E-state index in [1.54, 1.807) is 6.07 Å². The van der Waals surface area contributed by atoms with Crippen molar-refractivity contribution >= 4 is 0 Å². The van der Waals surface area contributed by atoms with Crippen molar-refractivity contribution in [2.75, 3.05) is 20.6 Å². The van der Waals surface area contributed by atoms with Gasteiger partial charge >= 0.3 is 6.18 Å². The summed E-state index contributed by atoms with van der Waals surface area (Å²) < 4.78 is 37.4. The summed E-state index contributed by atoms with van der Waals surface area (Å²) in [5.41, 5.74) is 5.84. The minimum atomic E-state index is -4.29. The monoisotopic (exact) mass is 246 g/mol. The van der Waals surface area contributed by atoms with Gasteiger partial charge in [0.25, 0.3) is 0 Å². The maximum atomic E-state index is 12.5. The molecule has 1 unspecified atom stereocenters. The fourth-order valence-corrected chi connectivity index (χ4v) is 1.71. The molecule has 17 heavy (non-hydrogen) atoms. The van der Waals surface area contributed by atoms with Crippen LogP contribution in [0.15, 0.2) is 24.3 Å². The first-order valence-corrected chi connectivity index (χ1v) is 5.35. The van der Waals surface area contributed by atoms with Gasteiger partial charge in [0, 0.05) is 12.6 Å². The molecule has 0 aliphatic rings. The molecule has 5 heteroatoms. The van der Waals surface area contributed by atoms with Gasteiger partial charge in [-0.25, -0.2) is 0 Å². The third-order valence-corrected chi connectivity index (χ3v) is 2.35. The molecule has 0 spiro atoms. The zero-order valence-corrected chi connectivity index (χ0v) is 9.96. The Morgan fingerprint density at radius 1 is 1.29 bits per heavy atom. The Kier molecular flexibility index (Phi) is 4.54. The van der Waals surface area contributed by atoms with Gasteiger partial charge < -0.3 is 10.6 Å². The van der Waals surface area contributed by atoms with Gasteiger partial charge in [-0.15, -0.1) is 0 Å². The first kappa shape index (κ1) is 14.0. The molecule has 1 aromatic rings. The number of benzene rings is 1. The zero-order chi connectivity index (χ0) is 13.1. The lowest BCUT2D eigenvalue weighted by molar-refractivity contribution is -0.137. The van der Waals surface area contributed by atoms with Crippen LogP contribution in [0.1, 0.15) is 11.1 Å². The Labute approximate surface area is 99.2 Å². The van der Waals surface area contributed by atoms with E-state index in [4.69, 9.17) is 5.73 Å². The quantitative estimate of drug-likeness (QED) is 0.882. The molecule has 96 valence electrons. The average Bonchev–Trinajstić information content (AvgIpc) is 2.15. The van der Waals surface area contributed by atoms with E-state index in [0.29, 0.717) is 18.5 Å². The molecule has 0 saturated carbocycles. The van der Waals surface area contributed by atoms with Crippen LogP contribution in [0.5, 0.6) is 0 Å². The van der Waals surface area contributed by atoms with E-state index in [2.05, 4.69) is 0 Å². The molecule has 0 amide bonds. The predicted molar refractivity (Wildman–Crippen MR) is 61.7 cm³/mol. The van der Waals surface area contributed by atoms with Crippen LogP contribution in [0.2, 0.25) is 0 Å². The highest BCUT2D eigenvalue weighted by Gasteiger charge is 2.30. The van der Waals surface area contributed by atoms with Gasteiger partial charge in [0.1, 0.15) is 0 Å². The fourth-order valence-electron chi connectivity index (χ4n) is 1.71. The molecular weight excluding hydrogens is 229 g/mol. The molecule has 0 aliphatic carbocycles. The highest BCUT2D eigenvalue weighted by atomic mass is 19.4. The van der Waals surface area contributed by atoms with Crippen LogP contribution < -0.4 is 5.73 Å². The minimum absolute atomic E-state index is 0.159. The lowest BCUT2D eigenvalue weighted by atomic mass is 10.0.